The van der Waals surface area contributed by atoms with Crippen molar-refractivity contribution in [2.75, 3.05) is 13.2 Å². The lowest BCUT2D eigenvalue weighted by Gasteiger charge is -2.16. The molecule has 0 aliphatic carbocycles. The maximum atomic E-state index is 11.9. The van der Waals surface area contributed by atoms with Crippen molar-refractivity contribution in [1.29, 1.82) is 0 Å². The Labute approximate surface area is 110 Å². The van der Waals surface area contributed by atoms with Crippen LogP contribution in [0, 0.1) is 0 Å². The van der Waals surface area contributed by atoms with Crippen LogP contribution >= 0.6 is 11.6 Å². The highest BCUT2D eigenvalue weighted by atomic mass is 35.5. The number of hydrogen-bond acceptors (Lipinski definition) is 3. The van der Waals surface area contributed by atoms with Crippen LogP contribution in [0.2, 0.25) is 5.02 Å². The van der Waals surface area contributed by atoms with E-state index in [2.05, 4.69) is 5.43 Å². The van der Waals surface area contributed by atoms with Gasteiger partial charge in [0, 0.05) is 17.7 Å². The molecule has 102 valence electrons. The molecule has 0 heterocycles. The summed E-state index contributed by atoms with van der Waals surface area (Å²) in [5.74, 6) is 5.41. The highest BCUT2D eigenvalue weighted by Gasteiger charge is 2.09. The maximum Gasteiger partial charge on any atom is 0.261 e. The minimum atomic E-state index is -2.43. The van der Waals surface area contributed by atoms with Gasteiger partial charge in [-0.2, -0.15) is 0 Å². The molecule has 0 aliphatic heterocycles. The molecule has 0 aliphatic rings. The predicted molar refractivity (Wildman–Crippen MR) is 67.7 cm³/mol. The molecule has 3 nitrogen and oxygen atoms in total. The van der Waals surface area contributed by atoms with Crippen LogP contribution in [0.1, 0.15) is 12.0 Å². The Morgan fingerprint density at radius 1 is 1.39 bits per heavy atom. The van der Waals surface area contributed by atoms with E-state index in [1.807, 2.05) is 18.2 Å². The average Bonchev–Trinajstić information content (AvgIpc) is 2.33. The van der Waals surface area contributed by atoms with E-state index in [4.69, 9.17) is 22.2 Å². The third-order valence-electron chi connectivity index (χ3n) is 2.46. The fourth-order valence-electron chi connectivity index (χ4n) is 1.59. The van der Waals surface area contributed by atoms with E-state index < -0.39 is 13.0 Å². The van der Waals surface area contributed by atoms with Crippen molar-refractivity contribution in [3.63, 3.8) is 0 Å². The van der Waals surface area contributed by atoms with Crippen molar-refractivity contribution >= 4 is 11.6 Å². The summed E-state index contributed by atoms with van der Waals surface area (Å²) >= 11 is 5.87. The zero-order chi connectivity index (χ0) is 13.4. The lowest BCUT2D eigenvalue weighted by Crippen LogP contribution is -2.37. The lowest BCUT2D eigenvalue weighted by molar-refractivity contribution is 0.0144. The zero-order valence-corrected chi connectivity index (χ0v) is 10.7. The summed E-state index contributed by atoms with van der Waals surface area (Å²) in [5.41, 5.74) is 3.69. The molecule has 1 atom stereocenters. The minimum Gasteiger partial charge on any atom is -0.375 e. The van der Waals surface area contributed by atoms with Gasteiger partial charge in [-0.05, 0) is 30.5 Å². The second-order valence-corrected chi connectivity index (χ2v) is 4.39. The van der Waals surface area contributed by atoms with Crippen LogP contribution in [0.15, 0.2) is 24.3 Å². The summed E-state index contributed by atoms with van der Waals surface area (Å²) in [7, 11) is 0. The van der Waals surface area contributed by atoms with E-state index in [0.717, 1.165) is 5.56 Å². The number of nitrogens with one attached hydrogen (secondary N) is 1. The first-order chi connectivity index (χ1) is 8.61. The highest BCUT2D eigenvalue weighted by molar-refractivity contribution is 6.30. The van der Waals surface area contributed by atoms with Gasteiger partial charge in [0.1, 0.15) is 6.61 Å². The first-order valence-corrected chi connectivity index (χ1v) is 6.06. The second-order valence-electron chi connectivity index (χ2n) is 3.95. The predicted octanol–water partition coefficient (Wildman–Crippen LogP) is 2.39. The van der Waals surface area contributed by atoms with Gasteiger partial charge in [0.25, 0.3) is 6.43 Å². The number of alkyl halides is 2. The lowest BCUT2D eigenvalue weighted by atomic mass is 10.0. The number of halogens is 3. The van der Waals surface area contributed by atoms with Crippen LogP contribution < -0.4 is 11.3 Å². The van der Waals surface area contributed by atoms with Crippen molar-refractivity contribution in [3.8, 4) is 0 Å². The van der Waals surface area contributed by atoms with Gasteiger partial charge in [0.2, 0.25) is 0 Å². The summed E-state index contributed by atoms with van der Waals surface area (Å²) in [4.78, 5) is 0. The molecular formula is C12H17ClF2N2O. The van der Waals surface area contributed by atoms with E-state index >= 15 is 0 Å². The van der Waals surface area contributed by atoms with Crippen molar-refractivity contribution in [2.24, 2.45) is 5.84 Å². The molecule has 0 aromatic heterocycles. The Balaban J connectivity index is 2.33. The molecule has 0 spiro atoms. The van der Waals surface area contributed by atoms with Crippen LogP contribution in [0.4, 0.5) is 8.78 Å². The molecule has 0 saturated heterocycles. The average molecular weight is 279 g/mol. The molecule has 3 N–H and O–H groups in total. The van der Waals surface area contributed by atoms with Crippen LogP contribution in [0.25, 0.3) is 0 Å². The van der Waals surface area contributed by atoms with Crippen molar-refractivity contribution < 1.29 is 13.5 Å². The second kappa shape index (κ2) is 8.37. The molecule has 1 aromatic carbocycles. The number of ether oxygens (including phenoxy) is 1. The van der Waals surface area contributed by atoms with Crippen LogP contribution in [0.3, 0.4) is 0 Å². The van der Waals surface area contributed by atoms with Gasteiger partial charge < -0.3 is 4.74 Å². The number of hydrazine groups is 1. The highest BCUT2D eigenvalue weighted by Crippen LogP contribution is 2.13. The Morgan fingerprint density at radius 2 is 2.17 bits per heavy atom. The standard InChI is InChI=1S/C12H17ClF2N2O/c13-10-3-1-2-9(6-10)7-11(17-16)4-5-18-8-12(14)15/h1-3,6,11-12,17H,4-5,7-8,16H2. The summed E-state index contributed by atoms with van der Waals surface area (Å²) in [6.45, 7) is -0.284. The van der Waals surface area contributed by atoms with Gasteiger partial charge in [-0.1, -0.05) is 23.7 Å². The normalized spacial score (nSPS) is 12.9. The zero-order valence-electron chi connectivity index (χ0n) is 9.91. The Morgan fingerprint density at radius 3 is 2.78 bits per heavy atom. The fourth-order valence-corrected chi connectivity index (χ4v) is 1.80. The van der Waals surface area contributed by atoms with Crippen LogP contribution in [-0.2, 0) is 11.2 Å². The first-order valence-electron chi connectivity index (χ1n) is 5.68. The monoisotopic (exact) mass is 278 g/mol. The third kappa shape index (κ3) is 6.26. The van der Waals surface area contributed by atoms with E-state index in [-0.39, 0.29) is 12.6 Å². The molecule has 0 radical (unpaired) electrons. The van der Waals surface area contributed by atoms with Crippen LogP contribution in [-0.4, -0.2) is 25.7 Å². The molecule has 0 bridgehead atoms. The van der Waals surface area contributed by atoms with Gasteiger partial charge in [-0.3, -0.25) is 11.3 Å². The molecule has 1 rings (SSSR count). The van der Waals surface area contributed by atoms with Gasteiger partial charge >= 0.3 is 0 Å². The Bertz CT molecular complexity index is 353. The maximum absolute atomic E-state index is 11.9. The molecule has 1 unspecified atom stereocenters. The van der Waals surface area contributed by atoms with E-state index in [9.17, 15) is 8.78 Å². The molecule has 0 fully saturated rings. The summed E-state index contributed by atoms with van der Waals surface area (Å²) in [6, 6.07) is 7.42. The summed E-state index contributed by atoms with van der Waals surface area (Å²) in [6.07, 6.45) is -1.19. The number of nitrogens with two attached hydrogens (primary N) is 1. The SMILES string of the molecule is NNC(CCOCC(F)F)Cc1cccc(Cl)c1. The first kappa shape index (κ1) is 15.3. The molecule has 1 aromatic rings. The van der Waals surface area contributed by atoms with Crippen molar-refractivity contribution in [2.45, 2.75) is 25.3 Å². The molecule has 6 heteroatoms. The topological polar surface area (TPSA) is 47.3 Å². The van der Waals surface area contributed by atoms with Crippen molar-refractivity contribution in [3.05, 3.63) is 34.9 Å². The van der Waals surface area contributed by atoms with E-state index in [1.165, 1.54) is 0 Å². The van der Waals surface area contributed by atoms with Crippen molar-refractivity contribution in [1.82, 2.24) is 5.43 Å². The minimum absolute atomic E-state index is 0.0267. The summed E-state index contributed by atoms with van der Waals surface area (Å²) < 4.78 is 28.5. The number of rotatable bonds is 8. The smallest absolute Gasteiger partial charge is 0.261 e. The Kier molecular flexibility index (Phi) is 7.12. The van der Waals surface area contributed by atoms with Gasteiger partial charge in [-0.25, -0.2) is 8.78 Å². The molecule has 0 amide bonds. The van der Waals surface area contributed by atoms with E-state index in [1.54, 1.807) is 6.07 Å². The number of hydrogen-bond donors (Lipinski definition) is 2. The third-order valence-corrected chi connectivity index (χ3v) is 2.70. The quantitative estimate of drug-likeness (QED) is 0.436. The Hall–Kier alpha value is -0.750. The number of benzene rings is 1. The molecular weight excluding hydrogens is 262 g/mol. The molecule has 0 saturated carbocycles. The molecule has 18 heavy (non-hydrogen) atoms. The fraction of sp³-hybridized carbons (Fsp3) is 0.500. The van der Waals surface area contributed by atoms with E-state index in [0.29, 0.717) is 17.9 Å². The summed E-state index contributed by atoms with van der Waals surface area (Å²) in [5, 5.41) is 0.664. The van der Waals surface area contributed by atoms with Gasteiger partial charge in [-0.15, -0.1) is 0 Å². The van der Waals surface area contributed by atoms with Crippen LogP contribution in [0.5, 0.6) is 0 Å². The van der Waals surface area contributed by atoms with Gasteiger partial charge in [0.05, 0.1) is 0 Å². The largest absolute Gasteiger partial charge is 0.375 e. The van der Waals surface area contributed by atoms with Gasteiger partial charge in [0.15, 0.2) is 0 Å².